The number of rotatable bonds is 7. The van der Waals surface area contributed by atoms with Crippen molar-refractivity contribution < 1.29 is 14.7 Å². The van der Waals surface area contributed by atoms with Crippen LogP contribution in [0, 0.1) is 6.92 Å². The highest BCUT2D eigenvalue weighted by atomic mass is 32.1. The third-order valence-corrected chi connectivity index (χ3v) is 3.63. The molecule has 2 N–H and O–H groups in total. The lowest BCUT2D eigenvalue weighted by Crippen LogP contribution is -2.34. The van der Waals surface area contributed by atoms with Crippen LogP contribution in [0.15, 0.2) is 29.8 Å². The fourth-order valence-electron chi connectivity index (χ4n) is 1.79. The molecule has 8 heteroatoms. The van der Waals surface area contributed by atoms with Crippen LogP contribution in [0.25, 0.3) is 0 Å². The van der Waals surface area contributed by atoms with Gasteiger partial charge in [0, 0.05) is 12.2 Å². The monoisotopic (exact) mass is 320 g/mol. The molecule has 0 unspecified atom stereocenters. The summed E-state index contributed by atoms with van der Waals surface area (Å²) in [5.41, 5.74) is 3.35. The van der Waals surface area contributed by atoms with E-state index in [1.807, 2.05) is 31.2 Å². The normalized spacial score (nSPS) is 10.2. The number of benzene rings is 1. The Kier molecular flexibility index (Phi) is 5.42. The molecule has 116 valence electrons. The van der Waals surface area contributed by atoms with Gasteiger partial charge in [-0.25, -0.2) is 0 Å². The molecular formula is C14H16N4O3S. The second kappa shape index (κ2) is 7.51. The van der Waals surface area contributed by atoms with Crippen molar-refractivity contribution >= 4 is 34.0 Å². The van der Waals surface area contributed by atoms with Gasteiger partial charge in [0.1, 0.15) is 5.51 Å². The Labute approximate surface area is 131 Å². The summed E-state index contributed by atoms with van der Waals surface area (Å²) in [6.45, 7) is 2.19. The Morgan fingerprint density at radius 1 is 1.32 bits per heavy atom. The first-order valence-corrected chi connectivity index (χ1v) is 7.52. The molecule has 0 radical (unpaired) electrons. The number of hydrogen-bond acceptors (Lipinski definition) is 6. The third-order valence-electron chi connectivity index (χ3n) is 2.88. The number of anilines is 2. The minimum atomic E-state index is -0.923. The fraction of sp³-hybridized carbons (Fsp3) is 0.286. The van der Waals surface area contributed by atoms with E-state index in [0.29, 0.717) is 10.8 Å². The number of carboxylic acid groups (broad SMARTS) is 1. The maximum atomic E-state index is 12.1. The van der Waals surface area contributed by atoms with Crippen LogP contribution in [-0.4, -0.2) is 40.3 Å². The highest BCUT2D eigenvalue weighted by molar-refractivity contribution is 7.13. The second-order valence-corrected chi connectivity index (χ2v) is 5.51. The van der Waals surface area contributed by atoms with E-state index < -0.39 is 5.97 Å². The summed E-state index contributed by atoms with van der Waals surface area (Å²) in [5.74, 6) is -1.15. The molecule has 1 heterocycles. The first-order chi connectivity index (χ1) is 10.5. The molecule has 22 heavy (non-hydrogen) atoms. The molecule has 7 nitrogen and oxygen atoms in total. The van der Waals surface area contributed by atoms with Gasteiger partial charge in [0.25, 0.3) is 0 Å². The highest BCUT2D eigenvalue weighted by Crippen LogP contribution is 2.16. The molecule has 1 amide bonds. The van der Waals surface area contributed by atoms with Crippen molar-refractivity contribution in [1.29, 1.82) is 0 Å². The predicted molar refractivity (Wildman–Crippen MR) is 84.2 cm³/mol. The van der Waals surface area contributed by atoms with E-state index in [4.69, 9.17) is 5.11 Å². The SMILES string of the molecule is Cc1ccc(NC(=O)CN(CCC(=O)O)c2nncs2)cc1. The molecule has 0 bridgehead atoms. The number of nitrogens with one attached hydrogen (secondary N) is 1. The smallest absolute Gasteiger partial charge is 0.305 e. The molecule has 0 aliphatic rings. The molecule has 2 rings (SSSR count). The van der Waals surface area contributed by atoms with E-state index in [-0.39, 0.29) is 25.4 Å². The number of amides is 1. The Balaban J connectivity index is 1.98. The van der Waals surface area contributed by atoms with Gasteiger partial charge in [-0.15, -0.1) is 10.2 Å². The van der Waals surface area contributed by atoms with Crippen LogP contribution in [-0.2, 0) is 9.59 Å². The number of aromatic nitrogens is 2. The van der Waals surface area contributed by atoms with Crippen molar-refractivity contribution in [2.24, 2.45) is 0 Å². The molecular weight excluding hydrogens is 304 g/mol. The van der Waals surface area contributed by atoms with Crippen molar-refractivity contribution in [3.05, 3.63) is 35.3 Å². The fourth-order valence-corrected chi connectivity index (χ4v) is 2.38. The minimum Gasteiger partial charge on any atom is -0.481 e. The van der Waals surface area contributed by atoms with E-state index in [0.717, 1.165) is 5.56 Å². The van der Waals surface area contributed by atoms with Gasteiger partial charge < -0.3 is 15.3 Å². The Morgan fingerprint density at radius 3 is 2.64 bits per heavy atom. The Bertz CT molecular complexity index is 628. The summed E-state index contributed by atoms with van der Waals surface area (Å²) in [4.78, 5) is 24.4. The van der Waals surface area contributed by atoms with Crippen LogP contribution in [0.4, 0.5) is 10.8 Å². The van der Waals surface area contributed by atoms with Crippen molar-refractivity contribution in [2.45, 2.75) is 13.3 Å². The summed E-state index contributed by atoms with van der Waals surface area (Å²) in [6.07, 6.45) is -0.0720. The van der Waals surface area contributed by atoms with Crippen LogP contribution in [0.5, 0.6) is 0 Å². The third kappa shape index (κ3) is 4.81. The van der Waals surface area contributed by atoms with Crippen LogP contribution >= 0.6 is 11.3 Å². The zero-order chi connectivity index (χ0) is 15.9. The lowest BCUT2D eigenvalue weighted by atomic mass is 10.2. The van der Waals surface area contributed by atoms with Crippen LogP contribution in [0.1, 0.15) is 12.0 Å². The number of aryl methyl sites for hydroxylation is 1. The molecule has 2 aromatic rings. The molecule has 0 atom stereocenters. The quantitative estimate of drug-likeness (QED) is 0.807. The zero-order valence-electron chi connectivity index (χ0n) is 12.0. The average molecular weight is 320 g/mol. The van der Waals surface area contributed by atoms with Crippen molar-refractivity contribution in [3.8, 4) is 0 Å². The molecule has 1 aromatic heterocycles. The van der Waals surface area contributed by atoms with Gasteiger partial charge in [-0.05, 0) is 19.1 Å². The van der Waals surface area contributed by atoms with Gasteiger partial charge >= 0.3 is 5.97 Å². The highest BCUT2D eigenvalue weighted by Gasteiger charge is 2.15. The standard InChI is InChI=1S/C14H16N4O3S/c1-10-2-4-11(5-3-10)16-12(19)8-18(7-6-13(20)21)14-17-15-9-22-14/h2-5,9H,6-8H2,1H3,(H,16,19)(H,20,21). The van der Waals surface area contributed by atoms with Gasteiger partial charge in [-0.3, -0.25) is 9.59 Å². The minimum absolute atomic E-state index is 0.0242. The molecule has 0 saturated carbocycles. The zero-order valence-corrected chi connectivity index (χ0v) is 12.8. The molecule has 0 aliphatic carbocycles. The van der Waals surface area contributed by atoms with Gasteiger partial charge in [0.2, 0.25) is 11.0 Å². The maximum Gasteiger partial charge on any atom is 0.305 e. The van der Waals surface area contributed by atoms with E-state index in [1.165, 1.54) is 11.3 Å². The largest absolute Gasteiger partial charge is 0.481 e. The molecule has 0 spiro atoms. The van der Waals surface area contributed by atoms with E-state index in [2.05, 4.69) is 15.5 Å². The van der Waals surface area contributed by atoms with Crippen LogP contribution < -0.4 is 10.2 Å². The van der Waals surface area contributed by atoms with Crippen molar-refractivity contribution in [1.82, 2.24) is 10.2 Å². The van der Waals surface area contributed by atoms with Crippen molar-refractivity contribution in [3.63, 3.8) is 0 Å². The van der Waals surface area contributed by atoms with Gasteiger partial charge in [-0.1, -0.05) is 29.0 Å². The predicted octanol–water partition coefficient (Wildman–Crippen LogP) is 1.77. The number of aliphatic carboxylic acids is 1. The summed E-state index contributed by atoms with van der Waals surface area (Å²) in [5, 5.41) is 19.7. The van der Waals surface area contributed by atoms with Gasteiger partial charge in [0.05, 0.1) is 13.0 Å². The first-order valence-electron chi connectivity index (χ1n) is 6.64. The van der Waals surface area contributed by atoms with Crippen LogP contribution in [0.3, 0.4) is 0 Å². The number of carbonyl (C=O) groups excluding carboxylic acids is 1. The van der Waals surface area contributed by atoms with E-state index in [9.17, 15) is 9.59 Å². The number of carbonyl (C=O) groups is 2. The summed E-state index contributed by atoms with van der Waals surface area (Å²) >= 11 is 1.26. The molecule has 0 fully saturated rings. The number of hydrogen-bond donors (Lipinski definition) is 2. The Morgan fingerprint density at radius 2 is 2.05 bits per heavy atom. The van der Waals surface area contributed by atoms with Crippen LogP contribution in [0.2, 0.25) is 0 Å². The summed E-state index contributed by atoms with van der Waals surface area (Å²) < 4.78 is 0. The lowest BCUT2D eigenvalue weighted by molar-refractivity contribution is -0.136. The Hall–Kier alpha value is -2.48. The number of nitrogens with zero attached hydrogens (tertiary/aromatic N) is 3. The molecule has 0 aliphatic heterocycles. The summed E-state index contributed by atoms with van der Waals surface area (Å²) in [7, 11) is 0. The lowest BCUT2D eigenvalue weighted by Gasteiger charge is -2.19. The summed E-state index contributed by atoms with van der Waals surface area (Å²) in [6, 6.07) is 7.45. The topological polar surface area (TPSA) is 95.4 Å². The van der Waals surface area contributed by atoms with E-state index in [1.54, 1.807) is 10.4 Å². The molecule has 1 aromatic carbocycles. The number of carboxylic acids is 1. The second-order valence-electron chi connectivity index (χ2n) is 4.70. The van der Waals surface area contributed by atoms with Crippen molar-refractivity contribution in [2.75, 3.05) is 23.3 Å². The first kappa shape index (κ1) is 15.9. The maximum absolute atomic E-state index is 12.1. The van der Waals surface area contributed by atoms with Gasteiger partial charge in [-0.2, -0.15) is 0 Å². The van der Waals surface area contributed by atoms with E-state index >= 15 is 0 Å². The van der Waals surface area contributed by atoms with Gasteiger partial charge in [0.15, 0.2) is 0 Å². The average Bonchev–Trinajstić information content (AvgIpc) is 3.00. The molecule has 0 saturated heterocycles.